The van der Waals surface area contributed by atoms with Crippen LogP contribution in [0.15, 0.2) is 59.2 Å². The molecule has 2 aromatic carbocycles. The first-order valence-corrected chi connectivity index (χ1v) is 10.4. The summed E-state index contributed by atoms with van der Waals surface area (Å²) in [4.78, 5) is 30.7. The maximum absolute atomic E-state index is 14.0. The molecule has 0 fully saturated rings. The van der Waals surface area contributed by atoms with E-state index in [1.165, 1.54) is 31.3 Å². The third-order valence-corrected chi connectivity index (χ3v) is 5.26. The fraction of sp³-hybridized carbons (Fsp3) is 0.261. The van der Waals surface area contributed by atoms with E-state index in [-0.39, 0.29) is 16.7 Å². The van der Waals surface area contributed by atoms with E-state index in [0.717, 1.165) is 12.4 Å². The van der Waals surface area contributed by atoms with Gasteiger partial charge in [0.1, 0.15) is 18.1 Å². The average Bonchev–Trinajstić information content (AvgIpc) is 2.77. The molecule has 1 heterocycles. The number of halogens is 7. The van der Waals surface area contributed by atoms with Crippen molar-refractivity contribution in [2.24, 2.45) is 10.7 Å². The first-order chi connectivity index (χ1) is 17.2. The molecule has 2 atom stereocenters. The van der Waals surface area contributed by atoms with E-state index in [1.54, 1.807) is 0 Å². The summed E-state index contributed by atoms with van der Waals surface area (Å²) in [6.45, 7) is -1.74. The van der Waals surface area contributed by atoms with E-state index in [1.807, 2.05) is 0 Å². The Balaban J connectivity index is 2.13. The summed E-state index contributed by atoms with van der Waals surface area (Å²) in [5.41, 5.74) is 4.86. The molecule has 198 valence electrons. The third kappa shape index (κ3) is 6.57. The van der Waals surface area contributed by atoms with Crippen LogP contribution in [0, 0.1) is 5.82 Å². The van der Waals surface area contributed by atoms with Gasteiger partial charge in [-0.3, -0.25) is 14.6 Å². The minimum absolute atomic E-state index is 0.0282. The number of nitrogens with two attached hydrogens (primary N) is 1. The molecule has 3 rings (SSSR count). The van der Waals surface area contributed by atoms with E-state index in [9.17, 15) is 40.3 Å². The number of benzene rings is 2. The van der Waals surface area contributed by atoms with Crippen molar-refractivity contribution in [3.63, 3.8) is 0 Å². The number of rotatable bonds is 6. The molecule has 0 aliphatic carbocycles. The van der Waals surface area contributed by atoms with Crippen molar-refractivity contribution in [2.75, 3.05) is 18.9 Å². The monoisotopic (exact) mass is 532 g/mol. The molecular formula is C23H19F7N4O3. The summed E-state index contributed by atoms with van der Waals surface area (Å²) in [6, 6.07) is 5.60. The largest absolute Gasteiger partial charge is 0.573 e. The Kier molecular flexibility index (Phi) is 7.79. The summed E-state index contributed by atoms with van der Waals surface area (Å²) < 4.78 is 95.9. The van der Waals surface area contributed by atoms with Gasteiger partial charge >= 0.3 is 12.5 Å². The van der Waals surface area contributed by atoms with Gasteiger partial charge in [0.15, 0.2) is 0 Å². The van der Waals surface area contributed by atoms with Crippen LogP contribution < -0.4 is 15.8 Å². The normalized spacial score (nSPS) is 18.6. The molecule has 0 bridgehead atoms. The Labute approximate surface area is 205 Å². The summed E-state index contributed by atoms with van der Waals surface area (Å²) in [6.07, 6.45) is -8.05. The van der Waals surface area contributed by atoms with Gasteiger partial charge in [0.25, 0.3) is 5.91 Å². The van der Waals surface area contributed by atoms with E-state index in [0.29, 0.717) is 23.1 Å². The third-order valence-electron chi connectivity index (χ3n) is 5.26. The van der Waals surface area contributed by atoms with E-state index < -0.39 is 60.1 Å². The van der Waals surface area contributed by atoms with Gasteiger partial charge in [0.05, 0.1) is 12.0 Å². The van der Waals surface area contributed by atoms with E-state index in [4.69, 9.17) is 5.73 Å². The van der Waals surface area contributed by atoms with Gasteiger partial charge in [-0.05, 0) is 17.7 Å². The fourth-order valence-electron chi connectivity index (χ4n) is 4.03. The number of carbonyl (C=O) groups is 2. The van der Waals surface area contributed by atoms with Crippen LogP contribution in [0.5, 0.6) is 5.75 Å². The van der Waals surface area contributed by atoms with Gasteiger partial charge in [-0.25, -0.2) is 4.39 Å². The fourth-order valence-corrected chi connectivity index (χ4v) is 4.03. The van der Waals surface area contributed by atoms with Crippen LogP contribution in [0.4, 0.5) is 36.4 Å². The lowest BCUT2D eigenvalue weighted by Gasteiger charge is -2.42. The second-order valence-electron chi connectivity index (χ2n) is 7.82. The second kappa shape index (κ2) is 10.5. The molecule has 1 aliphatic heterocycles. The van der Waals surface area contributed by atoms with Gasteiger partial charge in [0.2, 0.25) is 5.91 Å². The van der Waals surface area contributed by atoms with Gasteiger partial charge < -0.3 is 20.7 Å². The molecule has 2 aromatic rings. The number of nitrogens with one attached hydrogen (secondary N) is 1. The molecular weight excluding hydrogens is 513 g/mol. The zero-order valence-corrected chi connectivity index (χ0v) is 18.9. The highest BCUT2D eigenvalue weighted by Gasteiger charge is 2.48. The molecule has 0 saturated heterocycles. The standard InChI is InChI=1S/C23H19F7N4O3/c1-32-10-12(9-31)19-18(16-4-2-3-5-17(16)21(36)34(19)11-22(25,26)27)20(35)33-14-6-13(24)7-15(8-14)37-23(28,29)30/h2-10,18-19H,11,31H2,1H3,(H,33,35)/t18-,19+/m1/s1. The van der Waals surface area contributed by atoms with Crippen LogP contribution in [0.2, 0.25) is 0 Å². The Bertz CT molecular complexity index is 1240. The van der Waals surface area contributed by atoms with Crippen LogP contribution in [0.1, 0.15) is 21.8 Å². The summed E-state index contributed by atoms with van der Waals surface area (Å²) in [5, 5.41) is 2.21. The molecule has 3 N–H and O–H groups in total. The van der Waals surface area contributed by atoms with E-state index >= 15 is 0 Å². The number of aliphatic imine (C=N–C) groups is 1. The minimum Gasteiger partial charge on any atom is -0.406 e. The molecule has 0 saturated carbocycles. The van der Waals surface area contributed by atoms with Gasteiger partial charge in [0, 0.05) is 48.4 Å². The van der Waals surface area contributed by atoms with Gasteiger partial charge in [-0.15, -0.1) is 13.2 Å². The number of fused-ring (bicyclic) bond motifs is 1. The smallest absolute Gasteiger partial charge is 0.406 e. The predicted octanol–water partition coefficient (Wildman–Crippen LogP) is 4.38. The molecule has 0 spiro atoms. The quantitative estimate of drug-likeness (QED) is 0.427. The Morgan fingerprint density at radius 3 is 2.43 bits per heavy atom. The first kappa shape index (κ1) is 27.5. The maximum Gasteiger partial charge on any atom is 0.573 e. The summed E-state index contributed by atoms with van der Waals surface area (Å²) in [5.74, 6) is -5.79. The van der Waals surface area contributed by atoms with Crippen LogP contribution in [0.25, 0.3) is 0 Å². The number of nitrogens with zero attached hydrogens (tertiary/aromatic N) is 2. The Hall–Kier alpha value is -4.10. The summed E-state index contributed by atoms with van der Waals surface area (Å²) >= 11 is 0. The number of ether oxygens (including phenoxy) is 1. The highest BCUT2D eigenvalue weighted by atomic mass is 19.4. The molecule has 0 radical (unpaired) electrons. The minimum atomic E-state index is -5.15. The van der Waals surface area contributed by atoms with Gasteiger partial charge in [-0.1, -0.05) is 18.2 Å². The van der Waals surface area contributed by atoms with Gasteiger partial charge in [-0.2, -0.15) is 13.2 Å². The zero-order chi connectivity index (χ0) is 27.5. The van der Waals surface area contributed by atoms with Crippen molar-refractivity contribution >= 4 is 23.7 Å². The van der Waals surface area contributed by atoms with Crippen LogP contribution in [0.3, 0.4) is 0 Å². The number of amides is 2. The lowest BCUT2D eigenvalue weighted by atomic mass is 9.79. The van der Waals surface area contributed by atoms with Crippen LogP contribution in [-0.2, 0) is 4.79 Å². The first-order valence-electron chi connectivity index (χ1n) is 10.4. The topological polar surface area (TPSA) is 97.0 Å². The molecule has 0 unspecified atom stereocenters. The number of anilines is 1. The molecule has 0 aromatic heterocycles. The Morgan fingerprint density at radius 1 is 1.16 bits per heavy atom. The molecule has 14 heteroatoms. The average molecular weight is 532 g/mol. The van der Waals surface area contributed by atoms with Crippen molar-refractivity contribution in [3.05, 3.63) is 71.2 Å². The maximum atomic E-state index is 14.0. The second-order valence-corrected chi connectivity index (χ2v) is 7.82. The van der Waals surface area contributed by atoms with Crippen molar-refractivity contribution < 1.29 is 45.1 Å². The van der Waals surface area contributed by atoms with Crippen molar-refractivity contribution in [2.45, 2.75) is 24.5 Å². The lowest BCUT2D eigenvalue weighted by Crippen LogP contribution is -2.55. The highest BCUT2D eigenvalue weighted by molar-refractivity contribution is 6.06. The molecule has 37 heavy (non-hydrogen) atoms. The predicted molar refractivity (Wildman–Crippen MR) is 118 cm³/mol. The van der Waals surface area contributed by atoms with Crippen LogP contribution in [-0.4, -0.2) is 55.1 Å². The summed E-state index contributed by atoms with van der Waals surface area (Å²) in [7, 11) is 1.29. The highest BCUT2D eigenvalue weighted by Crippen LogP contribution is 2.39. The number of alkyl halides is 6. The van der Waals surface area contributed by atoms with Crippen molar-refractivity contribution in [1.29, 1.82) is 0 Å². The zero-order valence-electron chi connectivity index (χ0n) is 18.9. The van der Waals surface area contributed by atoms with Crippen molar-refractivity contribution in [1.82, 2.24) is 4.90 Å². The van der Waals surface area contributed by atoms with Crippen LogP contribution >= 0.6 is 0 Å². The lowest BCUT2D eigenvalue weighted by molar-refractivity contribution is -0.274. The van der Waals surface area contributed by atoms with E-state index in [2.05, 4.69) is 15.0 Å². The number of hydrogen-bond donors (Lipinski definition) is 2. The number of carbonyl (C=O) groups excluding carboxylic acids is 2. The molecule has 2 amide bonds. The SMILES string of the molecule is CN=CC(=CN)[C@H]1[C@H](C(=O)Nc2cc(F)cc(OC(F)(F)F)c2)c2ccccc2C(=O)N1CC(F)(F)F. The molecule has 1 aliphatic rings. The molecule has 7 nitrogen and oxygen atoms in total. The number of hydrogen-bond acceptors (Lipinski definition) is 5. The van der Waals surface area contributed by atoms with Crippen molar-refractivity contribution in [3.8, 4) is 5.75 Å². The Morgan fingerprint density at radius 2 is 1.84 bits per heavy atom.